The minimum atomic E-state index is -0.890. The highest BCUT2D eigenvalue weighted by molar-refractivity contribution is 5.87. The summed E-state index contributed by atoms with van der Waals surface area (Å²) < 4.78 is 1.85. The number of hydrogen-bond donors (Lipinski definition) is 1. The van der Waals surface area contributed by atoms with Gasteiger partial charge in [0.1, 0.15) is 0 Å². The number of carboxylic acids is 1. The molecular weight excluding hydrogens is 178 g/mol. The summed E-state index contributed by atoms with van der Waals surface area (Å²) in [5.74, 6) is -0.890. The van der Waals surface area contributed by atoms with Gasteiger partial charge in [-0.25, -0.2) is 4.79 Å². The van der Waals surface area contributed by atoms with Gasteiger partial charge in [0.25, 0.3) is 0 Å². The number of nitrogens with zero attached hydrogens (tertiary/aromatic N) is 1. The summed E-state index contributed by atoms with van der Waals surface area (Å²) in [6.45, 7) is 2.08. The third kappa shape index (κ3) is 1.37. The van der Waals surface area contributed by atoms with Gasteiger partial charge in [0.15, 0.2) is 0 Å². The topological polar surface area (TPSA) is 41.7 Å². The average molecular weight is 189 g/mol. The van der Waals surface area contributed by atoms with Crippen molar-refractivity contribution in [2.24, 2.45) is 0 Å². The van der Waals surface area contributed by atoms with E-state index < -0.39 is 5.97 Å². The van der Waals surface area contributed by atoms with Crippen LogP contribution in [0.25, 0.3) is 5.52 Å². The van der Waals surface area contributed by atoms with Crippen molar-refractivity contribution in [2.75, 3.05) is 0 Å². The van der Waals surface area contributed by atoms with E-state index in [-0.39, 0.29) is 0 Å². The zero-order chi connectivity index (χ0) is 10.1. The van der Waals surface area contributed by atoms with Gasteiger partial charge >= 0.3 is 5.97 Å². The molecule has 1 N–H and O–H groups in total. The summed E-state index contributed by atoms with van der Waals surface area (Å²) in [7, 11) is 0. The van der Waals surface area contributed by atoms with Gasteiger partial charge in [-0.1, -0.05) is 6.92 Å². The molecule has 0 fully saturated rings. The molecule has 0 amide bonds. The number of fused-ring (bicyclic) bond motifs is 1. The summed E-state index contributed by atoms with van der Waals surface area (Å²) in [6.07, 6.45) is 4.56. The second-order valence-electron chi connectivity index (χ2n) is 3.26. The van der Waals surface area contributed by atoms with Crippen molar-refractivity contribution in [3.05, 3.63) is 41.7 Å². The quantitative estimate of drug-likeness (QED) is 0.786. The fraction of sp³-hybridized carbons (Fsp3) is 0.182. The van der Waals surface area contributed by atoms with Crippen LogP contribution in [0.4, 0.5) is 0 Å². The molecular formula is C11H11NO2. The molecule has 0 aromatic carbocycles. The molecule has 0 radical (unpaired) electrons. The molecule has 72 valence electrons. The molecule has 0 spiro atoms. The Bertz CT molecular complexity index is 485. The first-order chi connectivity index (χ1) is 6.70. The van der Waals surface area contributed by atoms with Crippen LogP contribution in [-0.4, -0.2) is 15.5 Å². The van der Waals surface area contributed by atoms with Crippen molar-refractivity contribution in [1.82, 2.24) is 4.40 Å². The molecule has 2 heterocycles. The fourth-order valence-corrected chi connectivity index (χ4v) is 1.49. The Morgan fingerprint density at radius 3 is 2.86 bits per heavy atom. The summed E-state index contributed by atoms with van der Waals surface area (Å²) in [5, 5.41) is 8.79. The molecule has 14 heavy (non-hydrogen) atoms. The third-order valence-electron chi connectivity index (χ3n) is 2.30. The molecule has 0 aliphatic heterocycles. The van der Waals surface area contributed by atoms with Crippen molar-refractivity contribution in [3.63, 3.8) is 0 Å². The zero-order valence-corrected chi connectivity index (χ0v) is 7.90. The number of hydrogen-bond acceptors (Lipinski definition) is 1. The van der Waals surface area contributed by atoms with Crippen molar-refractivity contribution in [1.29, 1.82) is 0 Å². The van der Waals surface area contributed by atoms with Gasteiger partial charge in [0, 0.05) is 17.9 Å². The summed E-state index contributed by atoms with van der Waals surface area (Å²) >= 11 is 0. The van der Waals surface area contributed by atoms with Crippen LogP contribution in [0.3, 0.4) is 0 Å². The molecule has 0 aliphatic rings. The van der Waals surface area contributed by atoms with E-state index in [1.54, 1.807) is 12.3 Å². The standard InChI is InChI=1S/C11H11NO2/c1-2-8-5-10-4-3-9(11(13)14)7-12(10)6-8/h3-7H,2H2,1H3,(H,13,14). The van der Waals surface area contributed by atoms with Crippen LogP contribution >= 0.6 is 0 Å². The Hall–Kier alpha value is -1.77. The van der Waals surface area contributed by atoms with Gasteiger partial charge in [-0.05, 0) is 30.2 Å². The maximum atomic E-state index is 10.7. The zero-order valence-electron chi connectivity index (χ0n) is 7.90. The van der Waals surface area contributed by atoms with Gasteiger partial charge in [-0.3, -0.25) is 0 Å². The number of aromatic carboxylic acids is 1. The second kappa shape index (κ2) is 3.18. The van der Waals surface area contributed by atoms with Crippen molar-refractivity contribution >= 4 is 11.5 Å². The molecule has 2 rings (SSSR count). The number of carboxylic acid groups (broad SMARTS) is 1. The first-order valence-corrected chi connectivity index (χ1v) is 4.54. The van der Waals surface area contributed by atoms with Crippen molar-refractivity contribution in [3.8, 4) is 0 Å². The lowest BCUT2D eigenvalue weighted by Gasteiger charge is -1.96. The van der Waals surface area contributed by atoms with E-state index in [2.05, 4.69) is 13.0 Å². The monoisotopic (exact) mass is 189 g/mol. The Labute approximate surface area is 81.6 Å². The van der Waals surface area contributed by atoms with Gasteiger partial charge in [0.2, 0.25) is 0 Å². The largest absolute Gasteiger partial charge is 0.478 e. The maximum Gasteiger partial charge on any atom is 0.337 e. The van der Waals surface area contributed by atoms with Crippen LogP contribution < -0.4 is 0 Å². The number of aromatic nitrogens is 1. The smallest absolute Gasteiger partial charge is 0.337 e. The van der Waals surface area contributed by atoms with Crippen molar-refractivity contribution < 1.29 is 9.90 Å². The van der Waals surface area contributed by atoms with Gasteiger partial charge < -0.3 is 9.51 Å². The molecule has 0 unspecified atom stereocenters. The molecule has 3 nitrogen and oxygen atoms in total. The summed E-state index contributed by atoms with van der Waals surface area (Å²) in [4.78, 5) is 10.7. The van der Waals surface area contributed by atoms with E-state index in [1.165, 1.54) is 5.56 Å². The van der Waals surface area contributed by atoms with E-state index in [0.29, 0.717) is 5.56 Å². The maximum absolute atomic E-state index is 10.7. The van der Waals surface area contributed by atoms with E-state index in [1.807, 2.05) is 16.7 Å². The normalized spacial score (nSPS) is 10.6. The molecule has 0 saturated heterocycles. The second-order valence-corrected chi connectivity index (χ2v) is 3.26. The highest BCUT2D eigenvalue weighted by atomic mass is 16.4. The molecule has 0 bridgehead atoms. The van der Waals surface area contributed by atoms with Crippen molar-refractivity contribution in [2.45, 2.75) is 13.3 Å². The molecule has 0 aliphatic carbocycles. The number of pyridine rings is 1. The Kier molecular flexibility index (Phi) is 2.00. The van der Waals surface area contributed by atoms with Crippen LogP contribution in [-0.2, 0) is 6.42 Å². The number of aryl methyl sites for hydroxylation is 1. The van der Waals surface area contributed by atoms with Crippen LogP contribution in [0.5, 0.6) is 0 Å². The third-order valence-corrected chi connectivity index (χ3v) is 2.30. The predicted octanol–water partition coefficient (Wildman–Crippen LogP) is 2.20. The average Bonchev–Trinajstić information content (AvgIpc) is 2.58. The molecule has 0 atom stereocenters. The van der Waals surface area contributed by atoms with Crippen LogP contribution in [0.2, 0.25) is 0 Å². The highest BCUT2D eigenvalue weighted by Crippen LogP contribution is 2.12. The number of rotatable bonds is 2. The Morgan fingerprint density at radius 2 is 2.21 bits per heavy atom. The summed E-state index contributed by atoms with van der Waals surface area (Å²) in [6, 6.07) is 5.51. The minimum absolute atomic E-state index is 0.316. The van der Waals surface area contributed by atoms with Gasteiger partial charge in [0.05, 0.1) is 5.56 Å². The minimum Gasteiger partial charge on any atom is -0.478 e. The van der Waals surface area contributed by atoms with E-state index in [4.69, 9.17) is 5.11 Å². The highest BCUT2D eigenvalue weighted by Gasteiger charge is 2.04. The lowest BCUT2D eigenvalue weighted by Crippen LogP contribution is -1.97. The fourth-order valence-electron chi connectivity index (χ4n) is 1.49. The van der Waals surface area contributed by atoms with E-state index >= 15 is 0 Å². The SMILES string of the molecule is CCc1cc2ccc(C(=O)O)cn2c1. The lowest BCUT2D eigenvalue weighted by atomic mass is 10.2. The van der Waals surface area contributed by atoms with E-state index in [0.717, 1.165) is 11.9 Å². The lowest BCUT2D eigenvalue weighted by molar-refractivity contribution is 0.0696. The van der Waals surface area contributed by atoms with E-state index in [9.17, 15) is 4.79 Å². The molecule has 2 aromatic heterocycles. The predicted molar refractivity (Wildman–Crippen MR) is 53.7 cm³/mol. The molecule has 3 heteroatoms. The Morgan fingerprint density at radius 1 is 1.43 bits per heavy atom. The van der Waals surface area contributed by atoms with Crippen LogP contribution in [0.15, 0.2) is 30.6 Å². The number of carbonyl (C=O) groups is 1. The summed E-state index contributed by atoms with van der Waals surface area (Å²) in [5.41, 5.74) is 2.56. The van der Waals surface area contributed by atoms with Gasteiger partial charge in [-0.2, -0.15) is 0 Å². The Balaban J connectivity index is 2.59. The first-order valence-electron chi connectivity index (χ1n) is 4.54. The molecule has 2 aromatic rings. The first kappa shape index (κ1) is 8.81. The van der Waals surface area contributed by atoms with Gasteiger partial charge in [-0.15, -0.1) is 0 Å². The van der Waals surface area contributed by atoms with Crippen LogP contribution in [0, 0.1) is 0 Å². The molecule has 0 saturated carbocycles. The van der Waals surface area contributed by atoms with Crippen LogP contribution in [0.1, 0.15) is 22.8 Å².